The van der Waals surface area contributed by atoms with Gasteiger partial charge in [0.2, 0.25) is 0 Å². The average molecular weight is 186 g/mol. The van der Waals surface area contributed by atoms with Gasteiger partial charge in [0.05, 0.1) is 0 Å². The molecule has 0 bridgehead atoms. The van der Waals surface area contributed by atoms with E-state index in [-0.39, 0.29) is 0 Å². The largest absolute Gasteiger partial charge is 0.471 e. The average Bonchev–Trinajstić information content (AvgIpc) is 2.12. The molecule has 0 amide bonds. The van der Waals surface area contributed by atoms with E-state index >= 15 is 0 Å². The molecule has 4 nitrogen and oxygen atoms in total. The molecule has 0 atom stereocenters. The predicted octanol–water partition coefficient (Wildman–Crippen LogP) is 2.43. The lowest BCUT2D eigenvalue weighted by Gasteiger charge is -2.01. The molecule has 1 N–H and O–H groups in total. The van der Waals surface area contributed by atoms with Crippen LogP contribution < -0.4 is 0 Å². The summed E-state index contributed by atoms with van der Waals surface area (Å²) >= 11 is 0. The first-order valence-corrected chi connectivity index (χ1v) is 5.06. The summed E-state index contributed by atoms with van der Waals surface area (Å²) in [6.07, 6.45) is 0. The van der Waals surface area contributed by atoms with Crippen LogP contribution in [0.2, 0.25) is 0 Å². The first-order chi connectivity index (χ1) is 5.12. The minimum absolute atomic E-state index is 1.10. The van der Waals surface area contributed by atoms with Crippen LogP contribution in [-0.4, -0.2) is 19.1 Å². The van der Waals surface area contributed by atoms with E-state index in [0.717, 1.165) is 14.2 Å². The molecule has 0 aliphatic rings. The summed E-state index contributed by atoms with van der Waals surface area (Å²) in [5.41, 5.74) is 0. The van der Waals surface area contributed by atoms with Crippen LogP contribution in [0.3, 0.4) is 0 Å². The van der Waals surface area contributed by atoms with Crippen LogP contribution in [0.25, 0.3) is 0 Å². The van der Waals surface area contributed by atoms with Crippen LogP contribution in [-0.2, 0) is 13.6 Å². The van der Waals surface area contributed by atoms with Gasteiger partial charge in [0.1, 0.15) is 0 Å². The number of hydrogen-bond donors (Lipinski definition) is 1. The van der Waals surface area contributed by atoms with Crippen LogP contribution in [0.15, 0.2) is 0 Å². The first kappa shape index (κ1) is 17.3. The van der Waals surface area contributed by atoms with Crippen LogP contribution >= 0.6 is 7.82 Å². The van der Waals surface area contributed by atoms with E-state index in [1.165, 1.54) is 0 Å². The van der Waals surface area contributed by atoms with E-state index in [4.69, 9.17) is 4.89 Å². The molecule has 72 valence electrons. The van der Waals surface area contributed by atoms with Crippen molar-refractivity contribution in [2.45, 2.75) is 27.7 Å². The molecule has 0 radical (unpaired) electrons. The lowest BCUT2D eigenvalue weighted by molar-refractivity contribution is 0.204. The maximum Gasteiger partial charge on any atom is 0.471 e. The third kappa shape index (κ3) is 17.8. The highest BCUT2D eigenvalue weighted by Gasteiger charge is 2.13. The van der Waals surface area contributed by atoms with Gasteiger partial charge in [0, 0.05) is 14.2 Å². The van der Waals surface area contributed by atoms with Crippen LogP contribution in [0, 0.1) is 0 Å². The third-order valence-corrected chi connectivity index (χ3v) is 1.38. The molecule has 0 spiro atoms. The quantitative estimate of drug-likeness (QED) is 0.673. The van der Waals surface area contributed by atoms with Gasteiger partial charge >= 0.3 is 7.82 Å². The predicted molar refractivity (Wildman–Crippen MR) is 46.5 cm³/mol. The Morgan fingerprint density at radius 3 is 1.18 bits per heavy atom. The summed E-state index contributed by atoms with van der Waals surface area (Å²) in [5, 5.41) is 0. The molecule has 11 heavy (non-hydrogen) atoms. The second kappa shape index (κ2) is 12.8. The van der Waals surface area contributed by atoms with Crippen LogP contribution in [0.4, 0.5) is 0 Å². The molecular formula is C6H19O4P. The van der Waals surface area contributed by atoms with Crippen molar-refractivity contribution >= 4 is 7.82 Å². The molecule has 0 rings (SSSR count). The zero-order chi connectivity index (χ0) is 9.91. The van der Waals surface area contributed by atoms with Gasteiger partial charge in [-0.25, -0.2) is 4.57 Å². The molecular weight excluding hydrogens is 167 g/mol. The van der Waals surface area contributed by atoms with E-state index in [1.54, 1.807) is 0 Å². The Morgan fingerprint density at radius 2 is 1.18 bits per heavy atom. The second-order valence-electron chi connectivity index (χ2n) is 0.834. The van der Waals surface area contributed by atoms with Gasteiger partial charge in [-0.2, -0.15) is 0 Å². The standard InChI is InChI=1S/C2H7O4P.2C2H6/c1-5-7(3,4)6-2;2*1-2/h1-2H3,(H,3,4);2*1-2H3. The summed E-state index contributed by atoms with van der Waals surface area (Å²) in [4.78, 5) is 8.24. The van der Waals surface area contributed by atoms with Gasteiger partial charge in [-0.15, -0.1) is 0 Å². The maximum absolute atomic E-state index is 10.1. The highest BCUT2D eigenvalue weighted by molar-refractivity contribution is 7.47. The monoisotopic (exact) mass is 186 g/mol. The molecule has 0 aromatic carbocycles. The fraction of sp³-hybridized carbons (Fsp3) is 1.00. The Bertz CT molecular complexity index is 86.6. The molecule has 0 unspecified atom stereocenters. The Hall–Kier alpha value is 0.110. The zero-order valence-corrected chi connectivity index (χ0v) is 9.01. The molecule has 0 saturated heterocycles. The number of rotatable bonds is 2. The Kier molecular flexibility index (Phi) is 20.0. The topological polar surface area (TPSA) is 55.8 Å². The van der Waals surface area contributed by atoms with Gasteiger partial charge in [0.15, 0.2) is 0 Å². The van der Waals surface area contributed by atoms with Gasteiger partial charge in [-0.1, -0.05) is 27.7 Å². The summed E-state index contributed by atoms with van der Waals surface area (Å²) in [6, 6.07) is 0. The molecule has 5 heteroatoms. The van der Waals surface area contributed by atoms with Gasteiger partial charge in [0.25, 0.3) is 0 Å². The Labute approximate surface area is 69.1 Å². The van der Waals surface area contributed by atoms with Gasteiger partial charge in [-0.05, 0) is 0 Å². The summed E-state index contributed by atoms with van der Waals surface area (Å²) in [7, 11) is -1.45. The van der Waals surface area contributed by atoms with E-state index in [1.807, 2.05) is 27.7 Å². The van der Waals surface area contributed by atoms with Crippen LogP contribution in [0.5, 0.6) is 0 Å². The normalized spacial score (nSPS) is 8.64. The molecule has 0 aliphatic carbocycles. The SMILES string of the molecule is CC.CC.COP(=O)(O)OC. The summed E-state index contributed by atoms with van der Waals surface area (Å²) in [6.45, 7) is 8.00. The Balaban J connectivity index is -0.000000138. The van der Waals surface area contributed by atoms with Crippen molar-refractivity contribution in [3.8, 4) is 0 Å². The van der Waals surface area contributed by atoms with E-state index in [2.05, 4.69) is 9.05 Å². The first-order valence-electron chi connectivity index (χ1n) is 3.56. The highest BCUT2D eigenvalue weighted by Crippen LogP contribution is 2.40. The Morgan fingerprint density at radius 1 is 1.00 bits per heavy atom. The lowest BCUT2D eigenvalue weighted by atomic mass is 11.0. The molecule has 0 aliphatic heterocycles. The minimum Gasteiger partial charge on any atom is -0.303 e. The molecule has 0 aromatic rings. The maximum atomic E-state index is 10.1. The fourth-order valence-corrected chi connectivity index (χ4v) is 0.224. The zero-order valence-electron chi connectivity index (χ0n) is 8.12. The minimum atomic E-state index is -3.65. The third-order valence-electron chi connectivity index (χ3n) is 0.461. The van der Waals surface area contributed by atoms with Crippen molar-refractivity contribution in [1.29, 1.82) is 0 Å². The van der Waals surface area contributed by atoms with Crippen LogP contribution in [0.1, 0.15) is 27.7 Å². The lowest BCUT2D eigenvalue weighted by Crippen LogP contribution is -1.83. The molecule has 0 aromatic heterocycles. The smallest absolute Gasteiger partial charge is 0.303 e. The summed E-state index contributed by atoms with van der Waals surface area (Å²) in [5.74, 6) is 0. The number of phosphoric ester groups is 1. The van der Waals surface area contributed by atoms with Gasteiger partial charge < -0.3 is 4.89 Å². The summed E-state index contributed by atoms with van der Waals surface area (Å²) < 4.78 is 18.0. The highest BCUT2D eigenvalue weighted by atomic mass is 31.2. The van der Waals surface area contributed by atoms with E-state index < -0.39 is 7.82 Å². The fourth-order valence-electron chi connectivity index (χ4n) is 0.0745. The van der Waals surface area contributed by atoms with E-state index in [9.17, 15) is 4.57 Å². The number of phosphoric acid groups is 1. The van der Waals surface area contributed by atoms with Crippen molar-refractivity contribution in [3.63, 3.8) is 0 Å². The molecule has 0 heterocycles. The van der Waals surface area contributed by atoms with Crippen molar-refractivity contribution < 1.29 is 18.5 Å². The number of hydrogen-bond acceptors (Lipinski definition) is 3. The van der Waals surface area contributed by atoms with Crippen molar-refractivity contribution in [3.05, 3.63) is 0 Å². The van der Waals surface area contributed by atoms with E-state index in [0.29, 0.717) is 0 Å². The molecule has 0 fully saturated rings. The van der Waals surface area contributed by atoms with Crippen molar-refractivity contribution in [2.75, 3.05) is 14.2 Å². The van der Waals surface area contributed by atoms with Crippen molar-refractivity contribution in [2.24, 2.45) is 0 Å². The molecule has 0 saturated carbocycles. The van der Waals surface area contributed by atoms with Crippen molar-refractivity contribution in [1.82, 2.24) is 0 Å². The van der Waals surface area contributed by atoms with Gasteiger partial charge in [-0.3, -0.25) is 9.05 Å². The second-order valence-corrected chi connectivity index (χ2v) is 2.50.